The number of hydrogen-bond donors (Lipinski definition) is 2. The molecule has 0 saturated carbocycles. The van der Waals surface area contributed by atoms with Gasteiger partial charge in [0.1, 0.15) is 0 Å². The standard InChI is InChI=1S/C18H24N4O3S/c1-4-10-19-17(25)21-15(23)11-26-18-20-14-9-7-6-8-13(14)16(24)22(18)12(3)5-2/h6-9,12H,4-5,10-11H2,1-3H3,(H2,19,21,23,25)/t12-/m0/s1. The predicted molar refractivity (Wildman–Crippen MR) is 104 cm³/mol. The van der Waals surface area contributed by atoms with Gasteiger partial charge in [0.05, 0.1) is 16.7 Å². The van der Waals surface area contributed by atoms with E-state index in [1.54, 1.807) is 16.7 Å². The van der Waals surface area contributed by atoms with E-state index in [-0.39, 0.29) is 17.4 Å². The van der Waals surface area contributed by atoms with E-state index >= 15 is 0 Å². The van der Waals surface area contributed by atoms with Crippen molar-refractivity contribution in [1.82, 2.24) is 20.2 Å². The van der Waals surface area contributed by atoms with Crippen molar-refractivity contribution in [3.8, 4) is 0 Å². The van der Waals surface area contributed by atoms with Crippen molar-refractivity contribution >= 4 is 34.6 Å². The van der Waals surface area contributed by atoms with Crippen molar-refractivity contribution in [1.29, 1.82) is 0 Å². The summed E-state index contributed by atoms with van der Waals surface area (Å²) < 4.78 is 1.62. The third kappa shape index (κ3) is 4.85. The van der Waals surface area contributed by atoms with E-state index in [0.717, 1.165) is 24.6 Å². The Morgan fingerprint density at radius 2 is 2.00 bits per heavy atom. The van der Waals surface area contributed by atoms with Crippen LogP contribution in [0.25, 0.3) is 10.9 Å². The number of hydrogen-bond acceptors (Lipinski definition) is 5. The minimum atomic E-state index is -0.511. The first-order valence-corrected chi connectivity index (χ1v) is 9.68. The molecule has 26 heavy (non-hydrogen) atoms. The van der Waals surface area contributed by atoms with Crippen LogP contribution in [0.1, 0.15) is 39.7 Å². The van der Waals surface area contributed by atoms with Crippen LogP contribution < -0.4 is 16.2 Å². The van der Waals surface area contributed by atoms with E-state index in [1.165, 1.54) is 0 Å². The first-order chi connectivity index (χ1) is 12.5. The summed E-state index contributed by atoms with van der Waals surface area (Å²) in [6.07, 6.45) is 1.55. The van der Waals surface area contributed by atoms with Crippen molar-refractivity contribution in [3.05, 3.63) is 34.6 Å². The maximum absolute atomic E-state index is 12.8. The highest BCUT2D eigenvalue weighted by Crippen LogP contribution is 2.22. The monoisotopic (exact) mass is 376 g/mol. The fraction of sp³-hybridized carbons (Fsp3) is 0.444. The number of rotatable bonds is 7. The van der Waals surface area contributed by atoms with Crippen molar-refractivity contribution in [2.45, 2.75) is 44.8 Å². The summed E-state index contributed by atoms with van der Waals surface area (Å²) in [5.74, 6) is -0.428. The number of imide groups is 1. The molecule has 7 nitrogen and oxygen atoms in total. The molecule has 1 atom stereocenters. The molecule has 0 bridgehead atoms. The Bertz CT molecular complexity index is 850. The van der Waals surface area contributed by atoms with Gasteiger partial charge in [0.25, 0.3) is 5.56 Å². The summed E-state index contributed by atoms with van der Waals surface area (Å²) in [7, 11) is 0. The maximum atomic E-state index is 12.8. The van der Waals surface area contributed by atoms with Gasteiger partial charge in [-0.1, -0.05) is 37.7 Å². The fourth-order valence-corrected chi connectivity index (χ4v) is 3.27. The van der Waals surface area contributed by atoms with Crippen LogP contribution in [-0.4, -0.2) is 33.8 Å². The molecule has 0 aliphatic heterocycles. The van der Waals surface area contributed by atoms with Gasteiger partial charge in [-0.15, -0.1) is 0 Å². The van der Waals surface area contributed by atoms with E-state index < -0.39 is 11.9 Å². The van der Waals surface area contributed by atoms with E-state index in [1.807, 2.05) is 32.9 Å². The van der Waals surface area contributed by atoms with Gasteiger partial charge in [0, 0.05) is 12.6 Å². The zero-order valence-corrected chi connectivity index (χ0v) is 16.1. The SMILES string of the molecule is CCCNC(=O)NC(=O)CSc1nc2ccccc2c(=O)n1[C@@H](C)CC. The molecule has 1 aromatic heterocycles. The highest BCUT2D eigenvalue weighted by molar-refractivity contribution is 7.99. The molecule has 1 aromatic carbocycles. The predicted octanol–water partition coefficient (Wildman–Crippen LogP) is 2.70. The Morgan fingerprint density at radius 3 is 2.69 bits per heavy atom. The molecule has 2 rings (SSSR count). The number of amides is 3. The highest BCUT2D eigenvalue weighted by Gasteiger charge is 2.17. The Labute approximate surface area is 156 Å². The summed E-state index contributed by atoms with van der Waals surface area (Å²) in [5, 5.41) is 5.89. The molecule has 0 radical (unpaired) electrons. The summed E-state index contributed by atoms with van der Waals surface area (Å²) in [5.41, 5.74) is 0.481. The van der Waals surface area contributed by atoms with Crippen LogP contribution in [0.2, 0.25) is 0 Å². The molecule has 2 aromatic rings. The Hall–Kier alpha value is -2.35. The van der Waals surface area contributed by atoms with Crippen molar-refractivity contribution in [3.63, 3.8) is 0 Å². The first-order valence-electron chi connectivity index (χ1n) is 8.69. The van der Waals surface area contributed by atoms with Crippen molar-refractivity contribution in [2.24, 2.45) is 0 Å². The summed E-state index contributed by atoms with van der Waals surface area (Å²) in [6.45, 7) is 6.37. The number of para-hydroxylation sites is 1. The lowest BCUT2D eigenvalue weighted by atomic mass is 10.2. The number of fused-ring (bicyclic) bond motifs is 1. The van der Waals surface area contributed by atoms with Gasteiger partial charge in [-0.3, -0.25) is 19.5 Å². The van der Waals surface area contributed by atoms with Crippen molar-refractivity contribution in [2.75, 3.05) is 12.3 Å². The average molecular weight is 376 g/mol. The lowest BCUT2D eigenvalue weighted by Gasteiger charge is -2.18. The molecule has 0 aliphatic carbocycles. The van der Waals surface area contributed by atoms with Crippen LogP contribution >= 0.6 is 11.8 Å². The number of aromatic nitrogens is 2. The minimum absolute atomic E-state index is 0.000753. The fourth-order valence-electron chi connectivity index (χ4n) is 2.37. The average Bonchev–Trinajstić information content (AvgIpc) is 2.64. The number of nitrogens with zero attached hydrogens (tertiary/aromatic N) is 2. The van der Waals surface area contributed by atoms with E-state index in [4.69, 9.17) is 0 Å². The lowest BCUT2D eigenvalue weighted by Crippen LogP contribution is -2.40. The molecule has 3 amide bonds. The second kappa shape index (κ2) is 9.38. The van der Waals surface area contributed by atoms with E-state index in [2.05, 4.69) is 15.6 Å². The quantitative estimate of drug-likeness (QED) is 0.572. The first kappa shape index (κ1) is 20.0. The minimum Gasteiger partial charge on any atom is -0.338 e. The largest absolute Gasteiger partial charge is 0.338 e. The topological polar surface area (TPSA) is 93.1 Å². The second-order valence-corrected chi connectivity index (χ2v) is 6.88. The number of carbonyl (C=O) groups excluding carboxylic acids is 2. The molecule has 140 valence electrons. The summed E-state index contributed by atoms with van der Waals surface area (Å²) in [4.78, 5) is 40.9. The normalized spacial score (nSPS) is 12.0. The molecule has 0 fully saturated rings. The Balaban J connectivity index is 2.21. The van der Waals surface area contributed by atoms with Gasteiger partial charge in [-0.05, 0) is 31.9 Å². The van der Waals surface area contributed by atoms with Crippen LogP contribution in [0.5, 0.6) is 0 Å². The third-order valence-electron chi connectivity index (χ3n) is 3.93. The van der Waals surface area contributed by atoms with Gasteiger partial charge in [0.2, 0.25) is 5.91 Å². The molecule has 1 heterocycles. The number of nitrogens with one attached hydrogen (secondary N) is 2. The smallest absolute Gasteiger partial charge is 0.321 e. The highest BCUT2D eigenvalue weighted by atomic mass is 32.2. The lowest BCUT2D eigenvalue weighted by molar-refractivity contribution is -0.117. The molecule has 8 heteroatoms. The number of urea groups is 1. The van der Waals surface area contributed by atoms with Gasteiger partial charge < -0.3 is 5.32 Å². The van der Waals surface area contributed by atoms with Crippen LogP contribution in [0.15, 0.2) is 34.2 Å². The zero-order chi connectivity index (χ0) is 19.1. The number of benzene rings is 1. The summed E-state index contributed by atoms with van der Waals surface area (Å²) >= 11 is 1.15. The molecular weight excluding hydrogens is 352 g/mol. The molecule has 0 aliphatic rings. The number of carbonyl (C=O) groups is 2. The van der Waals surface area contributed by atoms with Gasteiger partial charge in [-0.25, -0.2) is 9.78 Å². The van der Waals surface area contributed by atoms with E-state index in [0.29, 0.717) is 22.6 Å². The van der Waals surface area contributed by atoms with Gasteiger partial charge in [0.15, 0.2) is 5.16 Å². The Morgan fingerprint density at radius 1 is 1.27 bits per heavy atom. The number of thioether (sulfide) groups is 1. The van der Waals surface area contributed by atoms with Crippen LogP contribution in [0.4, 0.5) is 4.79 Å². The van der Waals surface area contributed by atoms with Crippen LogP contribution in [0.3, 0.4) is 0 Å². The van der Waals surface area contributed by atoms with Gasteiger partial charge in [-0.2, -0.15) is 0 Å². The Kier molecular flexibility index (Phi) is 7.20. The van der Waals surface area contributed by atoms with Crippen LogP contribution in [0, 0.1) is 0 Å². The van der Waals surface area contributed by atoms with Crippen molar-refractivity contribution < 1.29 is 9.59 Å². The molecule has 0 unspecified atom stereocenters. The molecule has 2 N–H and O–H groups in total. The maximum Gasteiger partial charge on any atom is 0.321 e. The molecular formula is C18H24N4O3S. The van der Waals surface area contributed by atoms with Gasteiger partial charge >= 0.3 is 6.03 Å². The molecule has 0 spiro atoms. The second-order valence-electron chi connectivity index (χ2n) is 5.94. The van der Waals surface area contributed by atoms with Crippen LogP contribution in [-0.2, 0) is 4.79 Å². The zero-order valence-electron chi connectivity index (χ0n) is 15.2. The molecule has 0 saturated heterocycles. The summed E-state index contributed by atoms with van der Waals surface area (Å²) in [6, 6.07) is 6.60. The third-order valence-corrected chi connectivity index (χ3v) is 4.88. The van der Waals surface area contributed by atoms with E-state index in [9.17, 15) is 14.4 Å².